The van der Waals surface area contributed by atoms with Crippen molar-refractivity contribution in [2.45, 2.75) is 44.9 Å². The Balaban J connectivity index is 0.00000144. The summed E-state index contributed by atoms with van der Waals surface area (Å²) in [7, 11) is 0. The molecule has 0 amide bonds. The van der Waals surface area contributed by atoms with E-state index in [9.17, 15) is 0 Å². The van der Waals surface area contributed by atoms with Gasteiger partial charge in [0.15, 0.2) is 5.96 Å². The van der Waals surface area contributed by atoms with E-state index in [0.29, 0.717) is 0 Å². The first-order chi connectivity index (χ1) is 7.86. The highest BCUT2D eigenvalue weighted by molar-refractivity contribution is 14.0. The summed E-state index contributed by atoms with van der Waals surface area (Å²) in [6, 6.07) is 0. The monoisotopic (exact) mass is 349 g/mol. The van der Waals surface area contributed by atoms with Crippen molar-refractivity contribution in [3.8, 4) is 0 Å². The quantitative estimate of drug-likeness (QED) is 0.368. The highest BCUT2D eigenvalue weighted by atomic mass is 127. The van der Waals surface area contributed by atoms with E-state index in [1.807, 2.05) is 0 Å². The van der Waals surface area contributed by atoms with Crippen LogP contribution >= 0.6 is 24.0 Å². The van der Waals surface area contributed by atoms with Gasteiger partial charge in [0.25, 0.3) is 0 Å². The number of halogens is 1. The van der Waals surface area contributed by atoms with Gasteiger partial charge in [-0.3, -0.25) is 4.99 Å². The van der Waals surface area contributed by atoms with Crippen LogP contribution in [0.4, 0.5) is 0 Å². The van der Waals surface area contributed by atoms with Gasteiger partial charge in [-0.15, -0.1) is 24.0 Å². The molecule has 17 heavy (non-hydrogen) atoms. The number of likely N-dealkylation sites (tertiary alicyclic amines) is 1. The number of aliphatic imine (C=N–C) groups is 1. The van der Waals surface area contributed by atoms with Gasteiger partial charge in [0, 0.05) is 19.6 Å². The molecule has 2 aliphatic rings. The Morgan fingerprint density at radius 1 is 1.24 bits per heavy atom. The van der Waals surface area contributed by atoms with Gasteiger partial charge in [0.2, 0.25) is 0 Å². The molecule has 0 aromatic carbocycles. The van der Waals surface area contributed by atoms with Crippen molar-refractivity contribution in [3.05, 3.63) is 11.6 Å². The molecule has 1 aliphatic carbocycles. The van der Waals surface area contributed by atoms with E-state index >= 15 is 0 Å². The summed E-state index contributed by atoms with van der Waals surface area (Å²) in [5, 5.41) is 0. The number of nitrogens with two attached hydrogens (primary N) is 1. The number of allylic oxidation sites excluding steroid dienone is 1. The second kappa shape index (κ2) is 7.95. The predicted octanol–water partition coefficient (Wildman–Crippen LogP) is 2.91. The lowest BCUT2D eigenvalue weighted by atomic mass is 10.1. The minimum Gasteiger partial charge on any atom is -0.370 e. The van der Waals surface area contributed by atoms with E-state index in [4.69, 9.17) is 5.73 Å². The molecule has 3 nitrogen and oxygen atoms in total. The highest BCUT2D eigenvalue weighted by Crippen LogP contribution is 2.20. The van der Waals surface area contributed by atoms with Crippen molar-refractivity contribution < 1.29 is 0 Å². The van der Waals surface area contributed by atoms with Gasteiger partial charge in [-0.1, -0.05) is 11.6 Å². The van der Waals surface area contributed by atoms with E-state index in [2.05, 4.69) is 16.0 Å². The van der Waals surface area contributed by atoms with Crippen LogP contribution in [0, 0.1) is 0 Å². The Morgan fingerprint density at radius 3 is 2.65 bits per heavy atom. The van der Waals surface area contributed by atoms with Crippen LogP contribution < -0.4 is 5.73 Å². The molecular weight excluding hydrogens is 325 g/mol. The number of guanidine groups is 1. The lowest BCUT2D eigenvalue weighted by Crippen LogP contribution is -2.40. The third-order valence-corrected chi connectivity index (χ3v) is 3.52. The fourth-order valence-corrected chi connectivity index (χ4v) is 2.50. The molecule has 98 valence electrons. The normalized spacial score (nSPS) is 21.1. The summed E-state index contributed by atoms with van der Waals surface area (Å²) >= 11 is 0. The number of hydrogen-bond acceptors (Lipinski definition) is 1. The summed E-state index contributed by atoms with van der Waals surface area (Å²) in [5.41, 5.74) is 7.57. The lowest BCUT2D eigenvalue weighted by Gasteiger charge is -2.27. The molecule has 0 bridgehead atoms. The van der Waals surface area contributed by atoms with Crippen LogP contribution in [0.5, 0.6) is 0 Å². The maximum atomic E-state index is 5.99. The highest BCUT2D eigenvalue weighted by Gasteiger charge is 2.11. The smallest absolute Gasteiger partial charge is 0.191 e. The van der Waals surface area contributed by atoms with E-state index in [1.54, 1.807) is 5.57 Å². The second-order valence-corrected chi connectivity index (χ2v) is 4.79. The zero-order valence-electron chi connectivity index (χ0n) is 10.5. The molecule has 0 aromatic heterocycles. The van der Waals surface area contributed by atoms with Gasteiger partial charge in [-0.05, 0) is 44.9 Å². The Bertz CT molecular complexity index is 280. The van der Waals surface area contributed by atoms with Crippen LogP contribution in [0.3, 0.4) is 0 Å². The van der Waals surface area contributed by atoms with Crippen LogP contribution in [-0.2, 0) is 0 Å². The number of nitrogens with zero attached hydrogens (tertiary/aromatic N) is 2. The fourth-order valence-electron chi connectivity index (χ4n) is 2.50. The Labute approximate surface area is 122 Å². The molecule has 1 saturated heterocycles. The molecule has 0 spiro atoms. The average molecular weight is 349 g/mol. The first-order valence-electron chi connectivity index (χ1n) is 6.59. The summed E-state index contributed by atoms with van der Waals surface area (Å²) in [6.45, 7) is 3.06. The van der Waals surface area contributed by atoms with E-state index < -0.39 is 0 Å². The third kappa shape index (κ3) is 4.85. The van der Waals surface area contributed by atoms with E-state index in [0.717, 1.165) is 32.0 Å². The van der Waals surface area contributed by atoms with Gasteiger partial charge in [-0.2, -0.15) is 0 Å². The minimum atomic E-state index is 0. The van der Waals surface area contributed by atoms with Gasteiger partial charge in [0.05, 0.1) is 0 Å². The van der Waals surface area contributed by atoms with Crippen molar-refractivity contribution in [2.24, 2.45) is 10.7 Å². The molecule has 0 saturated carbocycles. The first kappa shape index (κ1) is 14.8. The van der Waals surface area contributed by atoms with Crippen molar-refractivity contribution in [3.63, 3.8) is 0 Å². The maximum absolute atomic E-state index is 5.99. The molecule has 1 fully saturated rings. The molecule has 4 heteroatoms. The SMILES string of the molecule is I.NC(=NCCC1=CCCC1)N1CCCCC1. The summed E-state index contributed by atoms with van der Waals surface area (Å²) < 4.78 is 0. The molecule has 0 unspecified atom stereocenters. The van der Waals surface area contributed by atoms with E-state index in [-0.39, 0.29) is 24.0 Å². The zero-order valence-corrected chi connectivity index (χ0v) is 12.9. The number of hydrogen-bond donors (Lipinski definition) is 1. The topological polar surface area (TPSA) is 41.6 Å². The fraction of sp³-hybridized carbons (Fsp3) is 0.769. The van der Waals surface area contributed by atoms with Gasteiger partial charge >= 0.3 is 0 Å². The Hall–Kier alpha value is -0.260. The van der Waals surface area contributed by atoms with Crippen molar-refractivity contribution in [1.29, 1.82) is 0 Å². The van der Waals surface area contributed by atoms with Gasteiger partial charge in [0.1, 0.15) is 0 Å². The Morgan fingerprint density at radius 2 is 2.00 bits per heavy atom. The van der Waals surface area contributed by atoms with Crippen LogP contribution in [0.1, 0.15) is 44.9 Å². The summed E-state index contributed by atoms with van der Waals surface area (Å²) in [5.74, 6) is 0.762. The molecule has 0 atom stereocenters. The summed E-state index contributed by atoms with van der Waals surface area (Å²) in [4.78, 5) is 6.72. The lowest BCUT2D eigenvalue weighted by molar-refractivity contribution is 0.338. The zero-order chi connectivity index (χ0) is 11.2. The van der Waals surface area contributed by atoms with E-state index in [1.165, 1.54) is 38.5 Å². The van der Waals surface area contributed by atoms with Crippen LogP contribution in [0.25, 0.3) is 0 Å². The number of piperidine rings is 1. The third-order valence-electron chi connectivity index (χ3n) is 3.52. The molecule has 2 rings (SSSR count). The number of rotatable bonds is 3. The largest absolute Gasteiger partial charge is 0.370 e. The minimum absolute atomic E-state index is 0. The summed E-state index contributed by atoms with van der Waals surface area (Å²) in [6.07, 6.45) is 11.2. The molecular formula is C13H24IN3. The van der Waals surface area contributed by atoms with Gasteiger partial charge < -0.3 is 10.6 Å². The van der Waals surface area contributed by atoms with Crippen LogP contribution in [0.15, 0.2) is 16.6 Å². The molecule has 1 heterocycles. The second-order valence-electron chi connectivity index (χ2n) is 4.79. The standard InChI is InChI=1S/C13H23N3.HI/c14-13(16-10-4-1-5-11-16)15-9-8-12-6-2-3-7-12;/h6H,1-5,7-11H2,(H2,14,15);1H. The molecule has 1 aliphatic heterocycles. The van der Waals surface area contributed by atoms with Gasteiger partial charge in [-0.25, -0.2) is 0 Å². The molecule has 0 radical (unpaired) electrons. The van der Waals surface area contributed by atoms with Crippen LogP contribution in [-0.4, -0.2) is 30.5 Å². The van der Waals surface area contributed by atoms with Crippen molar-refractivity contribution >= 4 is 29.9 Å². The molecule has 0 aromatic rings. The van der Waals surface area contributed by atoms with Crippen molar-refractivity contribution in [2.75, 3.05) is 19.6 Å². The average Bonchev–Trinajstić information content (AvgIpc) is 2.83. The predicted molar refractivity (Wildman–Crippen MR) is 83.9 cm³/mol. The van der Waals surface area contributed by atoms with Crippen molar-refractivity contribution in [1.82, 2.24) is 4.90 Å². The maximum Gasteiger partial charge on any atom is 0.191 e. The Kier molecular flexibility index (Phi) is 6.92. The van der Waals surface area contributed by atoms with Crippen LogP contribution in [0.2, 0.25) is 0 Å². The first-order valence-corrected chi connectivity index (χ1v) is 6.59. The molecule has 2 N–H and O–H groups in total.